The number of quaternary nitrogens is 1. The van der Waals surface area contributed by atoms with E-state index in [2.05, 4.69) is 12.7 Å². The van der Waals surface area contributed by atoms with Gasteiger partial charge in [0.15, 0.2) is 11.5 Å². The molecule has 3 N–H and O–H groups in total. The predicted molar refractivity (Wildman–Crippen MR) is 53.4 cm³/mol. The van der Waals surface area contributed by atoms with E-state index >= 15 is 0 Å². The molecule has 14 heavy (non-hydrogen) atoms. The summed E-state index contributed by atoms with van der Waals surface area (Å²) in [5.74, 6) is 1.71. The molecule has 3 heteroatoms. The van der Waals surface area contributed by atoms with Crippen molar-refractivity contribution >= 4 is 0 Å². The van der Waals surface area contributed by atoms with Crippen molar-refractivity contribution < 1.29 is 15.2 Å². The van der Waals surface area contributed by atoms with E-state index in [0.717, 1.165) is 31.1 Å². The van der Waals surface area contributed by atoms with Crippen molar-refractivity contribution in [2.45, 2.75) is 19.4 Å². The van der Waals surface area contributed by atoms with E-state index < -0.39 is 0 Å². The Morgan fingerprint density at radius 1 is 1.21 bits per heavy atom. The Labute approximate surface area is 83.8 Å². The third-order valence-electron chi connectivity index (χ3n) is 2.34. The first kappa shape index (κ1) is 9.34. The normalized spacial score (nSPS) is 17.3. The molecule has 0 saturated carbocycles. The van der Waals surface area contributed by atoms with Crippen LogP contribution in [0, 0.1) is 0 Å². The van der Waals surface area contributed by atoms with Crippen LogP contribution in [-0.4, -0.2) is 13.2 Å². The van der Waals surface area contributed by atoms with Gasteiger partial charge in [0.1, 0.15) is 6.04 Å². The summed E-state index contributed by atoms with van der Waals surface area (Å²) >= 11 is 0. The van der Waals surface area contributed by atoms with Crippen molar-refractivity contribution in [2.24, 2.45) is 0 Å². The van der Waals surface area contributed by atoms with Gasteiger partial charge in [-0.3, -0.25) is 0 Å². The van der Waals surface area contributed by atoms with Crippen LogP contribution in [0.5, 0.6) is 11.5 Å². The Morgan fingerprint density at radius 3 is 2.64 bits per heavy atom. The molecule has 0 bridgehead atoms. The average molecular weight is 194 g/mol. The molecule has 1 aliphatic rings. The fourth-order valence-corrected chi connectivity index (χ4v) is 1.49. The van der Waals surface area contributed by atoms with Gasteiger partial charge in [-0.25, -0.2) is 0 Å². The molecule has 0 saturated heterocycles. The molecule has 0 fully saturated rings. The minimum absolute atomic E-state index is 0.284. The maximum atomic E-state index is 5.59. The zero-order valence-corrected chi connectivity index (χ0v) is 8.45. The number of fused-ring (bicyclic) bond motifs is 1. The first-order valence-corrected chi connectivity index (χ1v) is 5.00. The smallest absolute Gasteiger partial charge is 0.161 e. The van der Waals surface area contributed by atoms with Crippen LogP contribution < -0.4 is 15.2 Å². The highest BCUT2D eigenvalue weighted by molar-refractivity contribution is 5.43. The maximum absolute atomic E-state index is 5.59. The highest BCUT2D eigenvalue weighted by Gasteiger charge is 2.12. The van der Waals surface area contributed by atoms with Crippen molar-refractivity contribution in [3.63, 3.8) is 0 Å². The van der Waals surface area contributed by atoms with Crippen molar-refractivity contribution in [1.29, 1.82) is 0 Å². The third kappa shape index (κ3) is 1.82. The molecule has 3 nitrogen and oxygen atoms in total. The van der Waals surface area contributed by atoms with Gasteiger partial charge < -0.3 is 15.2 Å². The van der Waals surface area contributed by atoms with Gasteiger partial charge in [0.2, 0.25) is 0 Å². The Morgan fingerprint density at radius 2 is 1.93 bits per heavy atom. The summed E-state index contributed by atoms with van der Waals surface area (Å²) in [7, 11) is 0. The topological polar surface area (TPSA) is 46.1 Å². The largest absolute Gasteiger partial charge is 0.490 e. The van der Waals surface area contributed by atoms with Gasteiger partial charge in [0, 0.05) is 12.0 Å². The second-order valence-corrected chi connectivity index (χ2v) is 3.66. The van der Waals surface area contributed by atoms with Crippen molar-refractivity contribution in [3.05, 3.63) is 23.8 Å². The van der Waals surface area contributed by atoms with Crippen LogP contribution in [0.3, 0.4) is 0 Å². The summed E-state index contributed by atoms with van der Waals surface area (Å²) < 4.78 is 11.1. The van der Waals surface area contributed by atoms with Crippen LogP contribution >= 0.6 is 0 Å². The fraction of sp³-hybridized carbons (Fsp3) is 0.455. The Kier molecular flexibility index (Phi) is 2.59. The summed E-state index contributed by atoms with van der Waals surface area (Å²) in [6.07, 6.45) is 0.948. The first-order valence-electron chi connectivity index (χ1n) is 5.00. The number of rotatable bonds is 1. The highest BCUT2D eigenvalue weighted by Crippen LogP contribution is 2.31. The van der Waals surface area contributed by atoms with E-state index in [9.17, 15) is 0 Å². The molecule has 0 spiro atoms. The monoisotopic (exact) mass is 194 g/mol. The number of hydrogen-bond acceptors (Lipinski definition) is 2. The molecule has 0 aliphatic carbocycles. The van der Waals surface area contributed by atoms with Crippen LogP contribution in [0.2, 0.25) is 0 Å². The van der Waals surface area contributed by atoms with Gasteiger partial charge in [-0.1, -0.05) is 0 Å². The lowest BCUT2D eigenvalue weighted by Gasteiger charge is -2.09. The van der Waals surface area contributed by atoms with Crippen LogP contribution in [0.4, 0.5) is 0 Å². The van der Waals surface area contributed by atoms with Gasteiger partial charge in [-0.15, -0.1) is 0 Å². The van der Waals surface area contributed by atoms with E-state index in [1.165, 1.54) is 5.56 Å². The van der Waals surface area contributed by atoms with Gasteiger partial charge in [0.05, 0.1) is 13.2 Å². The molecule has 1 aliphatic heterocycles. The summed E-state index contributed by atoms with van der Waals surface area (Å²) in [6.45, 7) is 3.55. The van der Waals surface area contributed by atoms with Gasteiger partial charge in [-0.05, 0) is 25.1 Å². The number of ether oxygens (including phenoxy) is 2. The van der Waals surface area contributed by atoms with Crippen LogP contribution in [0.15, 0.2) is 18.2 Å². The summed E-state index contributed by atoms with van der Waals surface area (Å²) in [5, 5.41) is 0. The van der Waals surface area contributed by atoms with Crippen LogP contribution in [0.1, 0.15) is 24.9 Å². The molecule has 1 aromatic rings. The summed E-state index contributed by atoms with van der Waals surface area (Å²) in [4.78, 5) is 0. The predicted octanol–water partition coefficient (Wildman–Crippen LogP) is 1.15. The summed E-state index contributed by atoms with van der Waals surface area (Å²) in [5.41, 5.74) is 5.17. The molecule has 0 radical (unpaired) electrons. The van der Waals surface area contributed by atoms with Gasteiger partial charge >= 0.3 is 0 Å². The molecule has 2 rings (SSSR count). The minimum Gasteiger partial charge on any atom is -0.490 e. The molecule has 1 aromatic carbocycles. The Hall–Kier alpha value is -1.22. The lowest BCUT2D eigenvalue weighted by molar-refractivity contribution is -0.420. The zero-order chi connectivity index (χ0) is 9.97. The second-order valence-electron chi connectivity index (χ2n) is 3.66. The average Bonchev–Trinajstić information content (AvgIpc) is 2.41. The zero-order valence-electron chi connectivity index (χ0n) is 8.45. The lowest BCUT2D eigenvalue weighted by atomic mass is 10.1. The van der Waals surface area contributed by atoms with E-state index in [4.69, 9.17) is 9.47 Å². The van der Waals surface area contributed by atoms with Gasteiger partial charge in [-0.2, -0.15) is 0 Å². The van der Waals surface area contributed by atoms with E-state index in [-0.39, 0.29) is 6.04 Å². The highest BCUT2D eigenvalue weighted by atomic mass is 16.5. The molecule has 0 unspecified atom stereocenters. The Bertz CT molecular complexity index is 323. The fourth-order valence-electron chi connectivity index (χ4n) is 1.49. The molecule has 76 valence electrons. The lowest BCUT2D eigenvalue weighted by Crippen LogP contribution is -2.51. The molecule has 1 atom stereocenters. The second kappa shape index (κ2) is 3.88. The van der Waals surface area contributed by atoms with Crippen LogP contribution in [0.25, 0.3) is 0 Å². The van der Waals surface area contributed by atoms with Crippen LogP contribution in [-0.2, 0) is 0 Å². The minimum atomic E-state index is 0.284. The van der Waals surface area contributed by atoms with Crippen molar-refractivity contribution in [2.75, 3.05) is 13.2 Å². The standard InChI is InChI=1S/C11H15NO2/c1-8(12)9-3-4-10-11(7-9)14-6-2-5-13-10/h3-4,7-8H,2,5-6,12H2,1H3/p+1/t8-/m0/s1. The molecule has 0 amide bonds. The van der Waals surface area contributed by atoms with E-state index in [1.54, 1.807) is 0 Å². The molecular formula is C11H16NO2+. The Balaban J connectivity index is 2.32. The first-order chi connectivity index (χ1) is 6.77. The molecule has 1 heterocycles. The summed E-state index contributed by atoms with van der Waals surface area (Å²) in [6, 6.07) is 6.33. The SMILES string of the molecule is C[C@H]([NH3+])c1ccc2c(c1)OCCCO2. The quantitative estimate of drug-likeness (QED) is 0.729. The van der Waals surface area contributed by atoms with E-state index in [0.29, 0.717) is 0 Å². The third-order valence-corrected chi connectivity index (χ3v) is 2.34. The maximum Gasteiger partial charge on any atom is 0.161 e. The van der Waals surface area contributed by atoms with Gasteiger partial charge in [0.25, 0.3) is 0 Å². The number of benzene rings is 1. The van der Waals surface area contributed by atoms with Crippen molar-refractivity contribution in [3.8, 4) is 11.5 Å². The molecule has 0 aromatic heterocycles. The number of hydrogen-bond donors (Lipinski definition) is 1. The van der Waals surface area contributed by atoms with Crippen molar-refractivity contribution in [1.82, 2.24) is 0 Å². The van der Waals surface area contributed by atoms with E-state index in [1.807, 2.05) is 18.2 Å². The molecular weight excluding hydrogens is 178 g/mol.